The number of nitrogens with one attached hydrogen (secondary N) is 3. The second-order valence-corrected chi connectivity index (χ2v) is 6.30. The van der Waals surface area contributed by atoms with Crippen LogP contribution in [0.3, 0.4) is 0 Å². The number of benzene rings is 1. The molecular formula is C20H19ClN6O2. The lowest BCUT2D eigenvalue weighted by Gasteiger charge is -2.04. The average Bonchev–Trinajstić information content (AvgIpc) is 3.24. The molecule has 0 spiro atoms. The van der Waals surface area contributed by atoms with E-state index < -0.39 is 0 Å². The molecule has 4 N–H and O–H groups in total. The van der Waals surface area contributed by atoms with Gasteiger partial charge in [0.15, 0.2) is 5.82 Å². The van der Waals surface area contributed by atoms with Crippen molar-refractivity contribution in [3.05, 3.63) is 59.4 Å². The van der Waals surface area contributed by atoms with Gasteiger partial charge < -0.3 is 20.7 Å². The zero-order valence-electron chi connectivity index (χ0n) is 15.5. The summed E-state index contributed by atoms with van der Waals surface area (Å²) < 4.78 is 0. The molecule has 1 aromatic carbocycles. The third kappa shape index (κ3) is 4.61. The van der Waals surface area contributed by atoms with Gasteiger partial charge in [0.2, 0.25) is 17.7 Å². The standard InChI is InChI=1S/C20H18N6O2.ClH/c1-12(27)24-15-8-16-14(10-21-18(16)22-11-15)7-17-19(28)26-20(25-17)23-9-13-5-3-2-4-6-13;/h2-8,10-11,28H,9H2,1H3,(H,24,27)(H2,23,25,26);1H/b14-7+;. The molecule has 0 bridgehead atoms. The number of aromatic hydroxyl groups is 1. The molecule has 9 heteroatoms. The first-order valence-electron chi connectivity index (χ1n) is 8.69. The molecule has 0 saturated carbocycles. The maximum atomic E-state index is 11.3. The molecule has 2 aromatic heterocycles. The lowest BCUT2D eigenvalue weighted by atomic mass is 10.1. The SMILES string of the molecule is CC(=O)Nc1cnc2c(c1)/C(=C/c1[nH]c(NCc3ccccc3)nc1O)C=N2.Cl. The number of nitrogens with zero attached hydrogens (tertiary/aromatic N) is 3. The van der Waals surface area contributed by atoms with Gasteiger partial charge in [-0.3, -0.25) is 4.79 Å². The molecule has 8 nitrogen and oxygen atoms in total. The van der Waals surface area contributed by atoms with Gasteiger partial charge in [0.05, 0.1) is 11.9 Å². The predicted molar refractivity (Wildman–Crippen MR) is 116 cm³/mol. The second kappa shape index (κ2) is 8.57. The Balaban J connectivity index is 0.00000240. The zero-order valence-corrected chi connectivity index (χ0v) is 16.3. The molecule has 0 fully saturated rings. The van der Waals surface area contributed by atoms with Crippen molar-refractivity contribution in [2.24, 2.45) is 4.99 Å². The van der Waals surface area contributed by atoms with Crippen molar-refractivity contribution in [3.8, 4) is 5.88 Å². The van der Waals surface area contributed by atoms with E-state index in [0.29, 0.717) is 29.7 Å². The van der Waals surface area contributed by atoms with Crippen molar-refractivity contribution >= 4 is 53.6 Å². The number of pyridine rings is 1. The van der Waals surface area contributed by atoms with E-state index in [1.54, 1.807) is 24.6 Å². The maximum absolute atomic E-state index is 11.3. The van der Waals surface area contributed by atoms with Gasteiger partial charge in [-0.25, -0.2) is 9.98 Å². The quantitative estimate of drug-likeness (QED) is 0.511. The van der Waals surface area contributed by atoms with Crippen LogP contribution in [-0.2, 0) is 11.3 Å². The van der Waals surface area contributed by atoms with Crippen LogP contribution >= 0.6 is 12.4 Å². The van der Waals surface area contributed by atoms with E-state index in [4.69, 9.17) is 0 Å². The van der Waals surface area contributed by atoms with E-state index in [-0.39, 0.29) is 24.2 Å². The van der Waals surface area contributed by atoms with Crippen LogP contribution in [0.1, 0.15) is 23.7 Å². The summed E-state index contributed by atoms with van der Waals surface area (Å²) in [6.45, 7) is 2.02. The van der Waals surface area contributed by atoms with Crippen molar-refractivity contribution < 1.29 is 9.90 Å². The summed E-state index contributed by atoms with van der Waals surface area (Å²) in [5, 5.41) is 16.0. The van der Waals surface area contributed by atoms with Gasteiger partial charge in [0, 0.05) is 30.8 Å². The van der Waals surface area contributed by atoms with Gasteiger partial charge >= 0.3 is 0 Å². The number of hydrogen-bond acceptors (Lipinski definition) is 6. The summed E-state index contributed by atoms with van der Waals surface area (Å²) in [7, 11) is 0. The fourth-order valence-electron chi connectivity index (χ4n) is 2.86. The number of hydrogen-bond donors (Lipinski definition) is 4. The molecular weight excluding hydrogens is 392 g/mol. The van der Waals surface area contributed by atoms with E-state index in [0.717, 1.165) is 16.7 Å². The first-order valence-corrected chi connectivity index (χ1v) is 8.69. The normalized spacial score (nSPS) is 13.1. The first-order chi connectivity index (χ1) is 13.6. The van der Waals surface area contributed by atoms with Gasteiger partial charge in [-0.1, -0.05) is 30.3 Å². The monoisotopic (exact) mass is 410 g/mol. The number of aromatic amines is 1. The van der Waals surface area contributed by atoms with E-state index >= 15 is 0 Å². The number of carbonyl (C=O) groups excluding carboxylic acids is 1. The average molecular weight is 411 g/mol. The molecule has 1 aliphatic heterocycles. The van der Waals surface area contributed by atoms with Crippen LogP contribution in [0.15, 0.2) is 47.6 Å². The van der Waals surface area contributed by atoms with Gasteiger partial charge in [-0.05, 0) is 17.7 Å². The number of halogens is 1. The minimum absolute atomic E-state index is 0. The van der Waals surface area contributed by atoms with E-state index in [1.807, 2.05) is 30.3 Å². The molecule has 1 amide bonds. The topological polar surface area (TPSA) is 115 Å². The number of imidazole rings is 1. The third-order valence-corrected chi connectivity index (χ3v) is 4.14. The number of fused-ring (bicyclic) bond motifs is 1. The summed E-state index contributed by atoms with van der Waals surface area (Å²) >= 11 is 0. The largest absolute Gasteiger partial charge is 0.492 e. The molecule has 0 unspecified atom stereocenters. The highest BCUT2D eigenvalue weighted by Gasteiger charge is 2.16. The Morgan fingerprint density at radius 2 is 2.07 bits per heavy atom. The number of anilines is 2. The predicted octanol–water partition coefficient (Wildman–Crippen LogP) is 3.76. The molecule has 0 radical (unpaired) electrons. The second-order valence-electron chi connectivity index (χ2n) is 6.30. The number of carbonyl (C=O) groups is 1. The highest BCUT2D eigenvalue weighted by atomic mass is 35.5. The number of aliphatic imine (C=N–C) groups is 1. The molecule has 3 heterocycles. The Hall–Kier alpha value is -3.65. The van der Waals surface area contributed by atoms with Crippen LogP contribution in [0.5, 0.6) is 5.88 Å². The third-order valence-electron chi connectivity index (χ3n) is 4.14. The Bertz CT molecular complexity index is 1090. The highest BCUT2D eigenvalue weighted by Crippen LogP contribution is 2.33. The molecule has 0 aliphatic carbocycles. The molecule has 0 atom stereocenters. The van der Waals surface area contributed by atoms with Gasteiger partial charge in [-0.15, -0.1) is 12.4 Å². The Kier molecular flexibility index (Phi) is 5.94. The van der Waals surface area contributed by atoms with Crippen LogP contribution in [-0.4, -0.2) is 32.2 Å². The van der Waals surface area contributed by atoms with Crippen LogP contribution in [0.4, 0.5) is 17.5 Å². The van der Waals surface area contributed by atoms with Crippen LogP contribution in [0.25, 0.3) is 11.6 Å². The van der Waals surface area contributed by atoms with Gasteiger partial charge in [-0.2, -0.15) is 4.98 Å². The summed E-state index contributed by atoms with van der Waals surface area (Å²) in [6.07, 6.45) is 4.96. The van der Waals surface area contributed by atoms with E-state index in [9.17, 15) is 9.90 Å². The van der Waals surface area contributed by atoms with Gasteiger partial charge in [0.1, 0.15) is 5.69 Å². The number of amides is 1. The summed E-state index contributed by atoms with van der Waals surface area (Å²) in [5.74, 6) is 0.734. The van der Waals surface area contributed by atoms with E-state index in [2.05, 4.69) is 30.6 Å². The summed E-state index contributed by atoms with van der Waals surface area (Å²) in [5.41, 5.74) is 3.66. The number of allylic oxidation sites excluding steroid dienone is 1. The van der Waals surface area contributed by atoms with Crippen molar-refractivity contribution in [2.45, 2.75) is 13.5 Å². The Morgan fingerprint density at radius 1 is 1.28 bits per heavy atom. The molecule has 29 heavy (non-hydrogen) atoms. The van der Waals surface area contributed by atoms with Crippen molar-refractivity contribution in [1.29, 1.82) is 0 Å². The number of rotatable bonds is 5. The number of H-pyrrole nitrogens is 1. The molecule has 0 saturated heterocycles. The van der Waals surface area contributed by atoms with Crippen LogP contribution in [0, 0.1) is 0 Å². The van der Waals surface area contributed by atoms with Gasteiger partial charge in [0.25, 0.3) is 0 Å². The fraction of sp³-hybridized carbons (Fsp3) is 0.100. The van der Waals surface area contributed by atoms with Crippen LogP contribution < -0.4 is 10.6 Å². The van der Waals surface area contributed by atoms with Crippen LogP contribution in [0.2, 0.25) is 0 Å². The molecule has 4 rings (SSSR count). The number of aromatic nitrogens is 3. The first kappa shape index (κ1) is 20.1. The lowest BCUT2D eigenvalue weighted by molar-refractivity contribution is -0.114. The molecule has 3 aromatic rings. The van der Waals surface area contributed by atoms with Crippen molar-refractivity contribution in [2.75, 3.05) is 10.6 Å². The van der Waals surface area contributed by atoms with Crippen molar-refractivity contribution in [1.82, 2.24) is 15.0 Å². The maximum Gasteiger partial charge on any atom is 0.238 e. The fourth-order valence-corrected chi connectivity index (χ4v) is 2.86. The summed E-state index contributed by atoms with van der Waals surface area (Å²) in [6, 6.07) is 11.7. The lowest BCUT2D eigenvalue weighted by Crippen LogP contribution is -2.06. The Morgan fingerprint density at radius 3 is 2.83 bits per heavy atom. The minimum atomic E-state index is -0.175. The van der Waals surface area contributed by atoms with E-state index in [1.165, 1.54) is 6.92 Å². The summed E-state index contributed by atoms with van der Waals surface area (Å²) in [4.78, 5) is 26.9. The molecule has 1 aliphatic rings. The molecule has 148 valence electrons. The zero-order chi connectivity index (χ0) is 19.5. The smallest absolute Gasteiger partial charge is 0.238 e. The highest BCUT2D eigenvalue weighted by molar-refractivity contribution is 6.21. The Labute approximate surface area is 173 Å². The van der Waals surface area contributed by atoms with Crippen molar-refractivity contribution in [3.63, 3.8) is 0 Å². The minimum Gasteiger partial charge on any atom is -0.492 e.